The van der Waals surface area contributed by atoms with Crippen molar-refractivity contribution in [2.75, 3.05) is 6.54 Å². The molecule has 0 bridgehead atoms. The Bertz CT molecular complexity index is 496. The second-order valence-electron chi connectivity index (χ2n) is 6.05. The molecule has 0 aromatic carbocycles. The number of carbonyl (C=O) groups excluding carboxylic acids is 2. The van der Waals surface area contributed by atoms with Crippen LogP contribution in [-0.4, -0.2) is 47.7 Å². The van der Waals surface area contributed by atoms with E-state index in [0.29, 0.717) is 12.5 Å². The van der Waals surface area contributed by atoms with E-state index < -0.39 is 48.3 Å². The van der Waals surface area contributed by atoms with E-state index in [1.54, 1.807) is 13.8 Å². The zero-order valence-corrected chi connectivity index (χ0v) is 13.4. The van der Waals surface area contributed by atoms with Gasteiger partial charge in [0.15, 0.2) is 12.2 Å². The van der Waals surface area contributed by atoms with Crippen LogP contribution in [0.25, 0.3) is 0 Å². The van der Waals surface area contributed by atoms with E-state index in [1.807, 2.05) is 13.8 Å². The fourth-order valence-corrected chi connectivity index (χ4v) is 1.83. The van der Waals surface area contributed by atoms with E-state index in [-0.39, 0.29) is 0 Å². The van der Waals surface area contributed by atoms with Gasteiger partial charge in [0.25, 0.3) is 5.91 Å². The van der Waals surface area contributed by atoms with Crippen molar-refractivity contribution in [3.8, 4) is 0 Å². The summed E-state index contributed by atoms with van der Waals surface area (Å²) in [5, 5.41) is 13.7. The molecule has 0 aromatic heterocycles. The molecule has 0 saturated carbocycles. The largest absolute Gasteiger partial charge is 0.479 e. The van der Waals surface area contributed by atoms with Gasteiger partial charge in [-0.25, -0.2) is 4.79 Å². The number of amides is 2. The van der Waals surface area contributed by atoms with Gasteiger partial charge in [0.05, 0.1) is 0 Å². The lowest BCUT2D eigenvalue weighted by Gasteiger charge is -2.20. The number of carboxylic acid groups (broad SMARTS) is 1. The number of aliphatic carboxylic acids is 1. The van der Waals surface area contributed by atoms with Crippen LogP contribution in [0.3, 0.4) is 0 Å². The van der Waals surface area contributed by atoms with Crippen LogP contribution in [0.15, 0.2) is 0 Å². The van der Waals surface area contributed by atoms with Gasteiger partial charge in [-0.05, 0) is 24.6 Å². The monoisotopic (exact) mass is 316 g/mol. The minimum Gasteiger partial charge on any atom is -0.479 e. The van der Waals surface area contributed by atoms with Crippen molar-refractivity contribution in [1.82, 2.24) is 10.6 Å². The van der Waals surface area contributed by atoms with E-state index in [1.165, 1.54) is 0 Å². The molecule has 1 aliphatic rings. The third-order valence-electron chi connectivity index (χ3n) is 3.06. The molecule has 2 amide bonds. The first-order valence-corrected chi connectivity index (χ1v) is 7.44. The van der Waals surface area contributed by atoms with E-state index in [2.05, 4.69) is 10.6 Å². The summed E-state index contributed by atoms with van der Waals surface area (Å²) >= 11 is 0. The maximum absolute atomic E-state index is 12.3. The molecule has 1 heterocycles. The first-order valence-electron chi connectivity index (χ1n) is 8.44. The van der Waals surface area contributed by atoms with Crippen LogP contribution < -0.4 is 10.6 Å². The SMILES string of the molecule is [2H]C([2H])(C(C)C)[C@H](NC(=O)[C@H]1O[C@@H]1C(=O)O)C(=O)NCCC(C)C. The van der Waals surface area contributed by atoms with Crippen LogP contribution in [0, 0.1) is 11.8 Å². The number of epoxide rings is 1. The molecule has 0 aromatic rings. The summed E-state index contributed by atoms with van der Waals surface area (Å²) in [6, 6.07) is -1.42. The van der Waals surface area contributed by atoms with Gasteiger partial charge in [-0.2, -0.15) is 0 Å². The Kier molecular flexibility index (Phi) is 5.64. The highest BCUT2D eigenvalue weighted by Crippen LogP contribution is 2.22. The summed E-state index contributed by atoms with van der Waals surface area (Å²) in [5.41, 5.74) is 0. The second kappa shape index (κ2) is 8.12. The fraction of sp³-hybridized carbons (Fsp3) is 0.800. The lowest BCUT2D eigenvalue weighted by molar-refractivity contribution is -0.138. The molecule has 3 N–H and O–H groups in total. The van der Waals surface area contributed by atoms with Crippen molar-refractivity contribution in [2.45, 2.75) is 58.7 Å². The maximum atomic E-state index is 12.3. The predicted octanol–water partition coefficient (Wildman–Crippen LogP) is 0.532. The highest BCUT2D eigenvalue weighted by molar-refractivity contribution is 5.95. The Morgan fingerprint density at radius 2 is 1.82 bits per heavy atom. The van der Waals surface area contributed by atoms with Crippen LogP contribution in [-0.2, 0) is 19.1 Å². The normalized spacial score (nSPS) is 23.5. The molecule has 1 aliphatic heterocycles. The third-order valence-corrected chi connectivity index (χ3v) is 3.06. The van der Waals surface area contributed by atoms with Gasteiger partial charge in [-0.3, -0.25) is 9.59 Å². The lowest BCUT2D eigenvalue weighted by Crippen LogP contribution is -2.49. The Morgan fingerprint density at radius 1 is 1.18 bits per heavy atom. The van der Waals surface area contributed by atoms with Crippen molar-refractivity contribution in [3.05, 3.63) is 0 Å². The number of carbonyl (C=O) groups is 3. The average Bonchev–Trinajstić information content (AvgIpc) is 3.24. The topological polar surface area (TPSA) is 108 Å². The van der Waals surface area contributed by atoms with E-state index >= 15 is 0 Å². The van der Waals surface area contributed by atoms with Crippen molar-refractivity contribution in [1.29, 1.82) is 0 Å². The summed E-state index contributed by atoms with van der Waals surface area (Å²) in [4.78, 5) is 35.1. The van der Waals surface area contributed by atoms with Gasteiger partial charge in [-0.15, -0.1) is 0 Å². The lowest BCUT2D eigenvalue weighted by atomic mass is 10.0. The molecule has 22 heavy (non-hydrogen) atoms. The zero-order chi connectivity index (χ0) is 18.7. The van der Waals surface area contributed by atoms with E-state index in [4.69, 9.17) is 12.6 Å². The second-order valence-corrected chi connectivity index (χ2v) is 6.05. The Morgan fingerprint density at radius 3 is 2.27 bits per heavy atom. The fourth-order valence-electron chi connectivity index (χ4n) is 1.83. The van der Waals surface area contributed by atoms with Gasteiger partial charge in [0.2, 0.25) is 5.91 Å². The molecule has 0 unspecified atom stereocenters. The van der Waals surface area contributed by atoms with Crippen molar-refractivity contribution >= 4 is 17.8 Å². The molecule has 1 fully saturated rings. The predicted molar refractivity (Wildman–Crippen MR) is 80.1 cm³/mol. The first-order chi connectivity index (χ1) is 11.0. The van der Waals surface area contributed by atoms with Gasteiger partial charge >= 0.3 is 5.97 Å². The summed E-state index contributed by atoms with van der Waals surface area (Å²) < 4.78 is 21.0. The third kappa shape index (κ3) is 6.01. The van der Waals surface area contributed by atoms with Crippen LogP contribution >= 0.6 is 0 Å². The van der Waals surface area contributed by atoms with Gasteiger partial charge in [-0.1, -0.05) is 27.7 Å². The molecular formula is C15H26N2O5. The van der Waals surface area contributed by atoms with Crippen LogP contribution in [0.2, 0.25) is 0 Å². The standard InChI is InChI=1S/C15H26N2O5/c1-8(2)5-6-16-13(18)10(7-9(3)4)17-14(19)11-12(22-11)15(20)21/h8-12H,5-7H2,1-4H3,(H,16,18)(H,17,19)(H,20,21)/t10-,11-,12-/m0/s1/i7D2. The quantitative estimate of drug-likeness (QED) is 0.538. The zero-order valence-electron chi connectivity index (χ0n) is 15.4. The maximum Gasteiger partial charge on any atom is 0.336 e. The number of hydrogen-bond acceptors (Lipinski definition) is 4. The summed E-state index contributed by atoms with van der Waals surface area (Å²) in [5.74, 6) is -2.85. The Labute approximate surface area is 133 Å². The van der Waals surface area contributed by atoms with Crippen molar-refractivity contribution in [2.24, 2.45) is 11.8 Å². The van der Waals surface area contributed by atoms with Crippen molar-refractivity contribution in [3.63, 3.8) is 0 Å². The number of hydrogen-bond donors (Lipinski definition) is 3. The average molecular weight is 316 g/mol. The smallest absolute Gasteiger partial charge is 0.336 e. The molecule has 0 spiro atoms. The minimum absolute atomic E-state index is 0.370. The highest BCUT2D eigenvalue weighted by atomic mass is 16.6. The Balaban J connectivity index is 2.77. The molecular weight excluding hydrogens is 288 g/mol. The van der Waals surface area contributed by atoms with Gasteiger partial charge < -0.3 is 20.5 Å². The Hall–Kier alpha value is -1.63. The molecule has 3 atom stereocenters. The number of nitrogens with one attached hydrogen (secondary N) is 2. The molecule has 1 saturated heterocycles. The first kappa shape index (κ1) is 15.3. The number of carboxylic acids is 1. The van der Waals surface area contributed by atoms with Crippen molar-refractivity contribution < 1.29 is 27.0 Å². The molecule has 7 nitrogen and oxygen atoms in total. The van der Waals surface area contributed by atoms with Crippen LogP contribution in [0.1, 0.15) is 43.2 Å². The number of ether oxygens (including phenoxy) is 1. The highest BCUT2D eigenvalue weighted by Gasteiger charge is 2.51. The van der Waals surface area contributed by atoms with Gasteiger partial charge in [0, 0.05) is 9.29 Å². The molecule has 126 valence electrons. The number of rotatable bonds is 9. The molecule has 0 radical (unpaired) electrons. The van der Waals surface area contributed by atoms with Crippen LogP contribution in [0.4, 0.5) is 0 Å². The summed E-state index contributed by atoms with van der Waals surface area (Å²) in [6.45, 7) is 7.57. The van der Waals surface area contributed by atoms with E-state index in [0.717, 1.165) is 6.42 Å². The minimum atomic E-state index is -1.99. The van der Waals surface area contributed by atoms with Gasteiger partial charge in [0.1, 0.15) is 6.04 Å². The van der Waals surface area contributed by atoms with Crippen LogP contribution in [0.5, 0.6) is 0 Å². The molecule has 7 heteroatoms. The molecule has 0 aliphatic carbocycles. The van der Waals surface area contributed by atoms with E-state index in [9.17, 15) is 14.4 Å². The summed E-state index contributed by atoms with van der Waals surface area (Å²) in [6.07, 6.45) is -3.69. The molecule has 1 rings (SSSR count). The summed E-state index contributed by atoms with van der Waals surface area (Å²) in [7, 11) is 0.